The summed E-state index contributed by atoms with van der Waals surface area (Å²) in [5.74, 6) is 0.940. The molecule has 1 aliphatic heterocycles. The average molecular weight is 398 g/mol. The minimum atomic E-state index is 0.350. The van der Waals surface area contributed by atoms with Crippen molar-refractivity contribution in [3.63, 3.8) is 0 Å². The van der Waals surface area contributed by atoms with Crippen LogP contribution in [0.2, 0.25) is 0 Å². The van der Waals surface area contributed by atoms with Crippen LogP contribution in [0.15, 0.2) is 96.2 Å². The van der Waals surface area contributed by atoms with E-state index in [1.807, 2.05) is 11.8 Å². The quantitative estimate of drug-likeness (QED) is 0.403. The van der Waals surface area contributed by atoms with Gasteiger partial charge in [0, 0.05) is 17.2 Å². The largest absolute Gasteiger partial charge is 0.305 e. The Labute approximate surface area is 176 Å². The molecule has 1 atom stereocenters. The molecule has 0 saturated carbocycles. The van der Waals surface area contributed by atoms with Gasteiger partial charge in [0.15, 0.2) is 5.16 Å². The number of thioether (sulfide) groups is 1. The molecule has 4 aromatic rings. The maximum atomic E-state index is 5.06. The van der Waals surface area contributed by atoms with Crippen LogP contribution in [-0.4, -0.2) is 20.3 Å². The molecule has 0 radical (unpaired) electrons. The molecule has 0 bridgehead atoms. The first-order valence-corrected chi connectivity index (χ1v) is 10.9. The SMILES string of the molecule is CC(c1ccccc1)N1CSc2nc(-c3ccccc3)c(-c3ccccc3)n2C1. The summed E-state index contributed by atoms with van der Waals surface area (Å²) in [7, 11) is 0. The molecule has 4 heteroatoms. The topological polar surface area (TPSA) is 21.1 Å². The van der Waals surface area contributed by atoms with Gasteiger partial charge in [-0.25, -0.2) is 4.98 Å². The van der Waals surface area contributed by atoms with E-state index in [4.69, 9.17) is 4.98 Å². The third kappa shape index (κ3) is 3.50. The van der Waals surface area contributed by atoms with Gasteiger partial charge in [-0.05, 0) is 12.5 Å². The van der Waals surface area contributed by atoms with E-state index < -0.39 is 0 Å². The van der Waals surface area contributed by atoms with Crippen molar-refractivity contribution < 1.29 is 0 Å². The number of hydrogen-bond donors (Lipinski definition) is 0. The van der Waals surface area contributed by atoms with Crippen LogP contribution in [0.5, 0.6) is 0 Å². The highest BCUT2D eigenvalue weighted by molar-refractivity contribution is 7.99. The lowest BCUT2D eigenvalue weighted by Crippen LogP contribution is -2.33. The Morgan fingerprint density at radius 1 is 0.793 bits per heavy atom. The van der Waals surface area contributed by atoms with E-state index in [1.165, 1.54) is 16.8 Å². The van der Waals surface area contributed by atoms with Gasteiger partial charge in [0.05, 0.1) is 23.9 Å². The van der Waals surface area contributed by atoms with E-state index in [0.717, 1.165) is 29.0 Å². The maximum absolute atomic E-state index is 5.06. The first-order valence-electron chi connectivity index (χ1n) is 9.94. The van der Waals surface area contributed by atoms with Crippen molar-refractivity contribution in [3.05, 3.63) is 96.6 Å². The molecule has 3 nitrogen and oxygen atoms in total. The monoisotopic (exact) mass is 397 g/mol. The van der Waals surface area contributed by atoms with Gasteiger partial charge >= 0.3 is 0 Å². The van der Waals surface area contributed by atoms with E-state index in [-0.39, 0.29) is 0 Å². The van der Waals surface area contributed by atoms with Crippen LogP contribution in [0.4, 0.5) is 0 Å². The fourth-order valence-corrected chi connectivity index (χ4v) is 4.95. The van der Waals surface area contributed by atoms with Gasteiger partial charge in [0.1, 0.15) is 0 Å². The van der Waals surface area contributed by atoms with Crippen LogP contribution in [0.25, 0.3) is 22.5 Å². The highest BCUT2D eigenvalue weighted by Crippen LogP contribution is 2.40. The molecular weight excluding hydrogens is 374 g/mol. The van der Waals surface area contributed by atoms with Crippen LogP contribution in [0.1, 0.15) is 18.5 Å². The van der Waals surface area contributed by atoms with Gasteiger partial charge in [0.2, 0.25) is 0 Å². The highest BCUT2D eigenvalue weighted by atomic mass is 32.2. The Morgan fingerprint density at radius 2 is 1.38 bits per heavy atom. The minimum absolute atomic E-state index is 0.350. The molecule has 0 fully saturated rings. The Balaban J connectivity index is 1.58. The predicted molar refractivity (Wildman–Crippen MR) is 121 cm³/mol. The van der Waals surface area contributed by atoms with Crippen LogP contribution in [0.3, 0.4) is 0 Å². The molecule has 1 unspecified atom stereocenters. The molecule has 3 aromatic carbocycles. The number of fused-ring (bicyclic) bond motifs is 1. The van der Waals surface area contributed by atoms with Crippen LogP contribution in [-0.2, 0) is 6.67 Å². The second-order valence-electron chi connectivity index (χ2n) is 7.34. The summed E-state index contributed by atoms with van der Waals surface area (Å²) in [4.78, 5) is 7.57. The summed E-state index contributed by atoms with van der Waals surface area (Å²) >= 11 is 1.82. The van der Waals surface area contributed by atoms with E-state index in [1.54, 1.807) is 0 Å². The molecule has 5 rings (SSSR count). The number of nitrogens with zero attached hydrogens (tertiary/aromatic N) is 3. The van der Waals surface area contributed by atoms with Gasteiger partial charge in [0.25, 0.3) is 0 Å². The molecule has 1 aromatic heterocycles. The van der Waals surface area contributed by atoms with Crippen molar-refractivity contribution in [1.82, 2.24) is 14.5 Å². The molecule has 1 aliphatic rings. The van der Waals surface area contributed by atoms with Crippen molar-refractivity contribution in [2.45, 2.75) is 24.8 Å². The molecule has 144 valence electrons. The normalized spacial score (nSPS) is 15.1. The van der Waals surface area contributed by atoms with E-state index >= 15 is 0 Å². The second kappa shape index (κ2) is 7.90. The van der Waals surface area contributed by atoms with Crippen molar-refractivity contribution in [2.75, 3.05) is 5.88 Å². The Morgan fingerprint density at radius 3 is 2.03 bits per heavy atom. The first kappa shape index (κ1) is 18.2. The summed E-state index contributed by atoms with van der Waals surface area (Å²) in [6, 6.07) is 32.2. The fourth-order valence-electron chi connectivity index (χ4n) is 3.90. The number of imidazole rings is 1. The number of rotatable bonds is 4. The van der Waals surface area contributed by atoms with Crippen molar-refractivity contribution in [3.8, 4) is 22.5 Å². The van der Waals surface area contributed by atoms with Crippen molar-refractivity contribution in [1.29, 1.82) is 0 Å². The highest BCUT2D eigenvalue weighted by Gasteiger charge is 2.28. The fraction of sp³-hybridized carbons (Fsp3) is 0.160. The first-order chi connectivity index (χ1) is 14.3. The third-order valence-corrected chi connectivity index (χ3v) is 6.57. The van der Waals surface area contributed by atoms with E-state index in [0.29, 0.717) is 6.04 Å². The van der Waals surface area contributed by atoms with Crippen LogP contribution < -0.4 is 0 Å². The van der Waals surface area contributed by atoms with Crippen LogP contribution in [0, 0.1) is 0 Å². The molecule has 0 aliphatic carbocycles. The summed E-state index contributed by atoms with van der Waals surface area (Å²) < 4.78 is 2.38. The Bertz CT molecular complexity index is 1090. The summed E-state index contributed by atoms with van der Waals surface area (Å²) in [5.41, 5.74) is 5.98. The molecular formula is C25H23N3S. The van der Waals surface area contributed by atoms with Crippen LogP contribution >= 0.6 is 11.8 Å². The molecule has 0 amide bonds. The maximum Gasteiger partial charge on any atom is 0.171 e. The number of aromatic nitrogens is 2. The van der Waals surface area contributed by atoms with Gasteiger partial charge in [-0.1, -0.05) is 103 Å². The van der Waals surface area contributed by atoms with Gasteiger partial charge in [-0.2, -0.15) is 0 Å². The zero-order chi connectivity index (χ0) is 19.6. The Hall–Kier alpha value is -2.82. The molecule has 0 N–H and O–H groups in total. The van der Waals surface area contributed by atoms with Gasteiger partial charge in [-0.3, -0.25) is 4.90 Å². The van der Waals surface area contributed by atoms with E-state index in [2.05, 4.69) is 107 Å². The lowest BCUT2D eigenvalue weighted by molar-refractivity contribution is 0.182. The number of benzene rings is 3. The van der Waals surface area contributed by atoms with Crippen molar-refractivity contribution in [2.24, 2.45) is 0 Å². The van der Waals surface area contributed by atoms with Gasteiger partial charge in [-0.15, -0.1) is 0 Å². The second-order valence-corrected chi connectivity index (χ2v) is 8.25. The minimum Gasteiger partial charge on any atom is -0.305 e. The third-order valence-electron chi connectivity index (χ3n) is 5.54. The van der Waals surface area contributed by atoms with Gasteiger partial charge < -0.3 is 4.57 Å². The van der Waals surface area contributed by atoms with Crippen molar-refractivity contribution >= 4 is 11.8 Å². The smallest absolute Gasteiger partial charge is 0.171 e. The molecule has 0 spiro atoms. The summed E-state index contributed by atoms with van der Waals surface area (Å²) in [6.45, 7) is 3.13. The molecule has 29 heavy (non-hydrogen) atoms. The summed E-state index contributed by atoms with van der Waals surface area (Å²) in [5, 5.41) is 1.10. The number of hydrogen-bond acceptors (Lipinski definition) is 3. The standard InChI is InChI=1S/C25H23N3S/c1-19(20-11-5-2-6-12-20)27-17-28-24(22-15-9-4-10-16-22)23(26-25(28)29-18-27)21-13-7-3-8-14-21/h2-16,19H,17-18H2,1H3. The zero-order valence-corrected chi connectivity index (χ0v) is 17.2. The molecule has 0 saturated heterocycles. The molecule has 2 heterocycles. The average Bonchev–Trinajstić information content (AvgIpc) is 3.19. The Kier molecular flexibility index (Phi) is 4.96. The lowest BCUT2D eigenvalue weighted by atomic mass is 10.0. The summed E-state index contributed by atoms with van der Waals surface area (Å²) in [6.07, 6.45) is 0. The lowest BCUT2D eigenvalue weighted by Gasteiger charge is -2.33. The predicted octanol–water partition coefficient (Wildman–Crippen LogP) is 6.30. The van der Waals surface area contributed by atoms with E-state index in [9.17, 15) is 0 Å². The zero-order valence-electron chi connectivity index (χ0n) is 16.4.